The first kappa shape index (κ1) is 13.8. The Kier molecular flexibility index (Phi) is 4.02. The first-order chi connectivity index (χ1) is 10.3. The maximum Gasteiger partial charge on any atom is 0.159 e. The predicted octanol–water partition coefficient (Wildman–Crippen LogP) is 4.74. The van der Waals surface area contributed by atoms with E-state index in [1.54, 1.807) is 0 Å². The van der Waals surface area contributed by atoms with Crippen LogP contribution in [0.5, 0.6) is 5.75 Å². The maximum atomic E-state index is 6.14. The molecule has 0 fully saturated rings. The van der Waals surface area contributed by atoms with Gasteiger partial charge in [-0.05, 0) is 18.6 Å². The molecule has 0 aliphatic rings. The minimum atomic E-state index is 0.418. The number of para-hydroxylation sites is 1. The van der Waals surface area contributed by atoms with Crippen molar-refractivity contribution in [1.82, 2.24) is 10.2 Å². The number of rotatable bonds is 4. The number of aromatic nitrogens is 2. The molecule has 3 rings (SSSR count). The predicted molar refractivity (Wildman–Crippen MR) is 85.8 cm³/mol. The summed E-state index contributed by atoms with van der Waals surface area (Å²) in [5.74, 6) is 0.820. The third-order valence-corrected chi connectivity index (χ3v) is 3.53. The molecule has 4 heteroatoms. The van der Waals surface area contributed by atoms with Crippen LogP contribution in [0.2, 0.25) is 5.15 Å². The third kappa shape index (κ3) is 2.69. The Morgan fingerprint density at radius 3 is 2.48 bits per heavy atom. The summed E-state index contributed by atoms with van der Waals surface area (Å²) in [5, 5.41) is 10.6. The van der Waals surface area contributed by atoms with Gasteiger partial charge < -0.3 is 4.74 Å². The van der Waals surface area contributed by atoms with Crippen molar-refractivity contribution in [3.8, 4) is 17.0 Å². The molecule has 0 radical (unpaired) electrons. The Balaban J connectivity index is 2.19. The van der Waals surface area contributed by atoms with E-state index >= 15 is 0 Å². The van der Waals surface area contributed by atoms with Gasteiger partial charge >= 0.3 is 0 Å². The van der Waals surface area contributed by atoms with E-state index in [4.69, 9.17) is 16.3 Å². The zero-order valence-electron chi connectivity index (χ0n) is 11.7. The van der Waals surface area contributed by atoms with Crippen LogP contribution in [-0.4, -0.2) is 16.8 Å². The Hall–Kier alpha value is -2.13. The van der Waals surface area contributed by atoms with Crippen molar-refractivity contribution in [3.05, 3.63) is 53.7 Å². The smallest absolute Gasteiger partial charge is 0.159 e. The van der Waals surface area contributed by atoms with E-state index in [1.807, 2.05) is 48.5 Å². The van der Waals surface area contributed by atoms with Crippen LogP contribution in [0.15, 0.2) is 48.5 Å². The fourth-order valence-corrected chi connectivity index (χ4v) is 2.47. The number of nitrogens with zero attached hydrogens (tertiary/aromatic N) is 2. The molecule has 0 spiro atoms. The summed E-state index contributed by atoms with van der Waals surface area (Å²) in [4.78, 5) is 0. The molecule has 2 aromatic carbocycles. The van der Waals surface area contributed by atoms with Gasteiger partial charge in [-0.3, -0.25) is 0 Å². The van der Waals surface area contributed by atoms with Gasteiger partial charge in [0.2, 0.25) is 0 Å². The second-order valence-electron chi connectivity index (χ2n) is 4.73. The number of benzene rings is 2. The lowest BCUT2D eigenvalue weighted by molar-refractivity contribution is 0.318. The molecule has 0 amide bonds. The molecule has 1 aromatic heterocycles. The molecule has 106 valence electrons. The van der Waals surface area contributed by atoms with Gasteiger partial charge in [-0.25, -0.2) is 0 Å². The van der Waals surface area contributed by atoms with Gasteiger partial charge in [0, 0.05) is 16.3 Å². The van der Waals surface area contributed by atoms with E-state index in [2.05, 4.69) is 17.1 Å². The van der Waals surface area contributed by atoms with Gasteiger partial charge in [-0.2, -0.15) is 0 Å². The molecular formula is C17H15ClN2O. The highest BCUT2D eigenvalue weighted by Gasteiger charge is 2.13. The molecule has 3 nitrogen and oxygen atoms in total. The highest BCUT2D eigenvalue weighted by Crippen LogP contribution is 2.34. The minimum Gasteiger partial charge on any atom is -0.493 e. The van der Waals surface area contributed by atoms with Crippen molar-refractivity contribution < 1.29 is 4.74 Å². The normalized spacial score (nSPS) is 10.8. The van der Waals surface area contributed by atoms with Gasteiger partial charge in [-0.1, -0.05) is 54.9 Å². The molecule has 21 heavy (non-hydrogen) atoms. The minimum absolute atomic E-state index is 0.418. The summed E-state index contributed by atoms with van der Waals surface area (Å²) in [6.07, 6.45) is 0.960. The Labute approximate surface area is 128 Å². The van der Waals surface area contributed by atoms with Crippen molar-refractivity contribution in [1.29, 1.82) is 0 Å². The zero-order valence-corrected chi connectivity index (χ0v) is 12.5. The van der Waals surface area contributed by atoms with Crippen LogP contribution in [-0.2, 0) is 0 Å². The van der Waals surface area contributed by atoms with Crippen LogP contribution < -0.4 is 4.74 Å². The summed E-state index contributed by atoms with van der Waals surface area (Å²) >= 11 is 6.14. The van der Waals surface area contributed by atoms with Crippen molar-refractivity contribution in [2.24, 2.45) is 0 Å². The Morgan fingerprint density at radius 2 is 1.67 bits per heavy atom. The lowest BCUT2D eigenvalue weighted by Crippen LogP contribution is -1.98. The van der Waals surface area contributed by atoms with Crippen LogP contribution in [0.25, 0.3) is 22.0 Å². The van der Waals surface area contributed by atoms with Crippen molar-refractivity contribution in [2.45, 2.75) is 13.3 Å². The van der Waals surface area contributed by atoms with Crippen LogP contribution in [0, 0.1) is 0 Å². The van der Waals surface area contributed by atoms with E-state index in [0.29, 0.717) is 11.8 Å². The SMILES string of the molecule is CCCOc1ccccc1-c1nnc(Cl)c2ccccc12. The maximum absolute atomic E-state index is 6.14. The Bertz CT molecular complexity index is 774. The average Bonchev–Trinajstić information content (AvgIpc) is 2.54. The molecule has 1 heterocycles. The highest BCUT2D eigenvalue weighted by molar-refractivity contribution is 6.34. The Morgan fingerprint density at radius 1 is 0.952 bits per heavy atom. The van der Waals surface area contributed by atoms with E-state index < -0.39 is 0 Å². The van der Waals surface area contributed by atoms with E-state index in [0.717, 1.165) is 34.2 Å². The molecule has 0 bridgehead atoms. The number of halogens is 1. The quantitative estimate of drug-likeness (QED) is 0.698. The summed E-state index contributed by atoms with van der Waals surface area (Å²) in [5.41, 5.74) is 1.73. The molecular weight excluding hydrogens is 284 g/mol. The van der Waals surface area contributed by atoms with E-state index in [9.17, 15) is 0 Å². The standard InChI is InChI=1S/C17H15ClN2O/c1-2-11-21-15-10-6-5-9-14(15)16-12-7-3-4-8-13(12)17(18)20-19-16/h3-10H,2,11H2,1H3. The lowest BCUT2D eigenvalue weighted by atomic mass is 10.0. The summed E-state index contributed by atoms with van der Waals surface area (Å²) < 4.78 is 5.82. The van der Waals surface area contributed by atoms with Crippen LogP contribution in [0.4, 0.5) is 0 Å². The van der Waals surface area contributed by atoms with Gasteiger partial charge in [0.15, 0.2) is 5.15 Å². The topological polar surface area (TPSA) is 35.0 Å². The van der Waals surface area contributed by atoms with Gasteiger partial charge in [0.05, 0.1) is 6.61 Å². The molecule has 0 saturated carbocycles. The largest absolute Gasteiger partial charge is 0.493 e. The fraction of sp³-hybridized carbons (Fsp3) is 0.176. The molecule has 0 unspecified atom stereocenters. The van der Waals surface area contributed by atoms with Crippen LogP contribution in [0.1, 0.15) is 13.3 Å². The lowest BCUT2D eigenvalue weighted by Gasteiger charge is -2.12. The van der Waals surface area contributed by atoms with Crippen LogP contribution in [0.3, 0.4) is 0 Å². The molecule has 0 aliphatic heterocycles. The number of hydrogen-bond donors (Lipinski definition) is 0. The van der Waals surface area contributed by atoms with Crippen molar-refractivity contribution in [3.63, 3.8) is 0 Å². The van der Waals surface area contributed by atoms with Crippen LogP contribution >= 0.6 is 11.6 Å². The number of fused-ring (bicyclic) bond motifs is 1. The molecule has 0 saturated heterocycles. The molecule has 3 aromatic rings. The van der Waals surface area contributed by atoms with Gasteiger partial charge in [-0.15, -0.1) is 10.2 Å². The van der Waals surface area contributed by atoms with E-state index in [-0.39, 0.29) is 0 Å². The monoisotopic (exact) mass is 298 g/mol. The molecule has 0 atom stereocenters. The second-order valence-corrected chi connectivity index (χ2v) is 5.09. The van der Waals surface area contributed by atoms with Crippen molar-refractivity contribution in [2.75, 3.05) is 6.61 Å². The summed E-state index contributed by atoms with van der Waals surface area (Å²) in [7, 11) is 0. The summed E-state index contributed by atoms with van der Waals surface area (Å²) in [6.45, 7) is 2.76. The first-order valence-corrected chi connectivity index (χ1v) is 7.32. The summed E-state index contributed by atoms with van der Waals surface area (Å²) in [6, 6.07) is 15.7. The highest BCUT2D eigenvalue weighted by atomic mass is 35.5. The number of ether oxygens (including phenoxy) is 1. The first-order valence-electron chi connectivity index (χ1n) is 6.94. The van der Waals surface area contributed by atoms with Gasteiger partial charge in [0.1, 0.15) is 11.4 Å². The fourth-order valence-electron chi connectivity index (χ4n) is 2.27. The number of hydrogen-bond acceptors (Lipinski definition) is 3. The zero-order chi connectivity index (χ0) is 14.7. The second kappa shape index (κ2) is 6.10. The van der Waals surface area contributed by atoms with Crippen molar-refractivity contribution >= 4 is 22.4 Å². The van der Waals surface area contributed by atoms with Gasteiger partial charge in [0.25, 0.3) is 0 Å². The third-order valence-electron chi connectivity index (χ3n) is 3.25. The molecule has 0 aliphatic carbocycles. The van der Waals surface area contributed by atoms with E-state index in [1.165, 1.54) is 0 Å². The average molecular weight is 299 g/mol. The molecule has 0 N–H and O–H groups in total.